The monoisotopic (exact) mass is 268 g/mol. The maximum absolute atomic E-state index is 12.5. The Hall–Kier alpha value is -1.87. The molecule has 1 saturated heterocycles. The van der Waals surface area contributed by atoms with Crippen molar-refractivity contribution >= 4 is 16.7 Å². The fraction of sp³-hybridized carbons (Fsp3) is 0.353. The minimum atomic E-state index is -0.619. The van der Waals surface area contributed by atoms with E-state index in [1.54, 1.807) is 0 Å². The third-order valence-electron chi connectivity index (χ3n) is 4.29. The van der Waals surface area contributed by atoms with Gasteiger partial charge in [-0.3, -0.25) is 0 Å². The minimum absolute atomic E-state index is 0.121. The standard InChI is InChI=1S/C17H16O3/c18-16(20-17-11-4-3-10-15(17)19-17)14-9-5-7-12-6-1-2-8-13(12)14/h1-2,5-9,15H,3-4,10-11H2/t15-,17-/m0/s1. The summed E-state index contributed by atoms with van der Waals surface area (Å²) in [4.78, 5) is 12.5. The van der Waals surface area contributed by atoms with Gasteiger partial charge in [0.15, 0.2) is 0 Å². The Morgan fingerprint density at radius 1 is 1.15 bits per heavy atom. The average Bonchev–Trinajstić information content (AvgIpc) is 3.20. The normalized spacial score (nSPS) is 27.9. The molecule has 20 heavy (non-hydrogen) atoms. The summed E-state index contributed by atoms with van der Waals surface area (Å²) >= 11 is 0. The molecule has 3 nitrogen and oxygen atoms in total. The number of hydrogen-bond acceptors (Lipinski definition) is 3. The first kappa shape index (κ1) is 11.9. The van der Waals surface area contributed by atoms with Gasteiger partial charge in [0.2, 0.25) is 5.79 Å². The molecule has 2 fully saturated rings. The highest BCUT2D eigenvalue weighted by molar-refractivity contribution is 6.04. The third kappa shape index (κ3) is 1.81. The number of fused-ring (bicyclic) bond motifs is 2. The molecule has 1 saturated carbocycles. The van der Waals surface area contributed by atoms with E-state index in [1.807, 2.05) is 42.5 Å². The molecule has 0 amide bonds. The van der Waals surface area contributed by atoms with Crippen LogP contribution in [0, 0.1) is 0 Å². The zero-order chi connectivity index (χ0) is 13.6. The highest BCUT2D eigenvalue weighted by Crippen LogP contribution is 2.49. The van der Waals surface area contributed by atoms with E-state index in [2.05, 4.69) is 0 Å². The van der Waals surface area contributed by atoms with Gasteiger partial charge in [-0.05, 0) is 29.7 Å². The SMILES string of the molecule is O=C(O[C@@]12CCCC[C@@H]1O2)c1cccc2ccccc12. The molecular weight excluding hydrogens is 252 g/mol. The molecule has 0 N–H and O–H groups in total. The Morgan fingerprint density at radius 3 is 2.90 bits per heavy atom. The van der Waals surface area contributed by atoms with Crippen LogP contribution in [0.15, 0.2) is 42.5 Å². The van der Waals surface area contributed by atoms with Crippen LogP contribution in [0.4, 0.5) is 0 Å². The van der Waals surface area contributed by atoms with E-state index in [1.165, 1.54) is 0 Å². The van der Waals surface area contributed by atoms with Gasteiger partial charge in [0.25, 0.3) is 0 Å². The van der Waals surface area contributed by atoms with Crippen molar-refractivity contribution in [1.82, 2.24) is 0 Å². The van der Waals surface area contributed by atoms with Crippen molar-refractivity contribution in [3.63, 3.8) is 0 Å². The molecule has 0 spiro atoms. The molecule has 0 unspecified atom stereocenters. The predicted molar refractivity (Wildman–Crippen MR) is 75.4 cm³/mol. The Labute approximate surface area is 117 Å². The molecule has 0 bridgehead atoms. The molecule has 4 rings (SSSR count). The van der Waals surface area contributed by atoms with Crippen LogP contribution in [0.5, 0.6) is 0 Å². The van der Waals surface area contributed by atoms with E-state index >= 15 is 0 Å². The Bertz CT molecular complexity index is 673. The second-order valence-corrected chi connectivity index (χ2v) is 5.58. The van der Waals surface area contributed by atoms with E-state index in [0.29, 0.717) is 5.56 Å². The Morgan fingerprint density at radius 2 is 2.00 bits per heavy atom. The van der Waals surface area contributed by atoms with Crippen molar-refractivity contribution in [3.8, 4) is 0 Å². The fourth-order valence-corrected chi connectivity index (χ4v) is 3.16. The van der Waals surface area contributed by atoms with Crippen LogP contribution >= 0.6 is 0 Å². The van der Waals surface area contributed by atoms with Crippen LogP contribution in [0.2, 0.25) is 0 Å². The Balaban J connectivity index is 1.65. The molecule has 2 aromatic carbocycles. The van der Waals surface area contributed by atoms with E-state index < -0.39 is 5.79 Å². The van der Waals surface area contributed by atoms with Crippen LogP contribution < -0.4 is 0 Å². The maximum atomic E-state index is 12.5. The second-order valence-electron chi connectivity index (χ2n) is 5.58. The lowest BCUT2D eigenvalue weighted by Crippen LogP contribution is -2.26. The molecule has 2 aliphatic rings. The van der Waals surface area contributed by atoms with Gasteiger partial charge in [-0.2, -0.15) is 0 Å². The summed E-state index contributed by atoms with van der Waals surface area (Å²) in [5.74, 6) is -0.891. The van der Waals surface area contributed by atoms with Gasteiger partial charge in [-0.1, -0.05) is 42.8 Å². The van der Waals surface area contributed by atoms with Crippen molar-refractivity contribution in [1.29, 1.82) is 0 Å². The van der Waals surface area contributed by atoms with Gasteiger partial charge >= 0.3 is 5.97 Å². The molecule has 0 aromatic heterocycles. The largest absolute Gasteiger partial charge is 0.427 e. The van der Waals surface area contributed by atoms with Gasteiger partial charge < -0.3 is 9.47 Å². The van der Waals surface area contributed by atoms with Crippen LogP contribution in [-0.2, 0) is 9.47 Å². The number of esters is 1. The van der Waals surface area contributed by atoms with Crippen molar-refractivity contribution < 1.29 is 14.3 Å². The summed E-state index contributed by atoms with van der Waals surface area (Å²) in [5.41, 5.74) is 0.622. The minimum Gasteiger partial charge on any atom is -0.427 e. The number of rotatable bonds is 2. The molecule has 2 aromatic rings. The maximum Gasteiger partial charge on any atom is 0.341 e. The first-order valence-corrected chi connectivity index (χ1v) is 7.17. The molecule has 1 aliphatic heterocycles. The summed E-state index contributed by atoms with van der Waals surface area (Å²) in [6.45, 7) is 0. The average molecular weight is 268 g/mol. The lowest BCUT2D eigenvalue weighted by Gasteiger charge is -2.18. The first-order chi connectivity index (χ1) is 9.78. The summed E-state index contributed by atoms with van der Waals surface area (Å²) in [7, 11) is 0. The topological polar surface area (TPSA) is 38.8 Å². The zero-order valence-electron chi connectivity index (χ0n) is 11.2. The van der Waals surface area contributed by atoms with E-state index in [9.17, 15) is 4.79 Å². The van der Waals surface area contributed by atoms with E-state index in [-0.39, 0.29) is 12.1 Å². The fourth-order valence-electron chi connectivity index (χ4n) is 3.16. The molecule has 102 valence electrons. The molecular formula is C17H16O3. The Kier molecular flexibility index (Phi) is 2.57. The lowest BCUT2D eigenvalue weighted by atomic mass is 9.97. The van der Waals surface area contributed by atoms with Crippen LogP contribution in [0.25, 0.3) is 10.8 Å². The molecule has 3 heteroatoms. The number of epoxide rings is 1. The predicted octanol–water partition coefficient (Wildman–Crippen LogP) is 3.67. The van der Waals surface area contributed by atoms with Gasteiger partial charge in [0.05, 0.1) is 5.56 Å². The van der Waals surface area contributed by atoms with Crippen molar-refractivity contribution in [3.05, 3.63) is 48.0 Å². The van der Waals surface area contributed by atoms with Gasteiger partial charge in [-0.15, -0.1) is 0 Å². The van der Waals surface area contributed by atoms with Gasteiger partial charge in [0, 0.05) is 6.42 Å². The van der Waals surface area contributed by atoms with Crippen LogP contribution in [-0.4, -0.2) is 17.9 Å². The molecule has 1 heterocycles. The lowest BCUT2D eigenvalue weighted by molar-refractivity contribution is -0.0243. The number of hydrogen-bond donors (Lipinski definition) is 0. The van der Waals surface area contributed by atoms with Crippen LogP contribution in [0.3, 0.4) is 0 Å². The highest BCUT2D eigenvalue weighted by Gasteiger charge is 2.61. The quantitative estimate of drug-likeness (QED) is 0.616. The summed E-state index contributed by atoms with van der Waals surface area (Å²) in [6, 6.07) is 13.6. The number of carbonyl (C=O) groups is 1. The molecule has 1 aliphatic carbocycles. The third-order valence-corrected chi connectivity index (χ3v) is 4.29. The zero-order valence-corrected chi connectivity index (χ0v) is 11.2. The van der Waals surface area contributed by atoms with Crippen LogP contribution in [0.1, 0.15) is 36.0 Å². The van der Waals surface area contributed by atoms with Crippen molar-refractivity contribution in [2.75, 3.05) is 0 Å². The van der Waals surface area contributed by atoms with Crippen molar-refractivity contribution in [2.45, 2.75) is 37.6 Å². The van der Waals surface area contributed by atoms with Gasteiger partial charge in [-0.25, -0.2) is 4.79 Å². The smallest absolute Gasteiger partial charge is 0.341 e. The molecule has 0 radical (unpaired) electrons. The summed E-state index contributed by atoms with van der Waals surface area (Å²) < 4.78 is 11.3. The number of carbonyl (C=O) groups excluding carboxylic acids is 1. The number of ether oxygens (including phenoxy) is 2. The first-order valence-electron chi connectivity index (χ1n) is 7.17. The second kappa shape index (κ2) is 4.32. The highest BCUT2D eigenvalue weighted by atomic mass is 16.8. The summed E-state index contributed by atoms with van der Waals surface area (Å²) in [5, 5.41) is 1.99. The van der Waals surface area contributed by atoms with E-state index in [0.717, 1.165) is 36.5 Å². The van der Waals surface area contributed by atoms with Crippen molar-refractivity contribution in [2.24, 2.45) is 0 Å². The molecule has 2 atom stereocenters. The van der Waals surface area contributed by atoms with Gasteiger partial charge in [0.1, 0.15) is 6.10 Å². The number of benzene rings is 2. The summed E-state index contributed by atoms with van der Waals surface area (Å²) in [6.07, 6.45) is 4.18. The van der Waals surface area contributed by atoms with E-state index in [4.69, 9.17) is 9.47 Å².